The highest BCUT2D eigenvalue weighted by Gasteiger charge is 2.21. The maximum absolute atomic E-state index is 13.6. The Morgan fingerprint density at radius 1 is 1.03 bits per heavy atom. The van der Waals surface area contributed by atoms with Crippen LogP contribution < -0.4 is 10.9 Å². The van der Waals surface area contributed by atoms with Crippen molar-refractivity contribution in [3.8, 4) is 22.6 Å². The van der Waals surface area contributed by atoms with Gasteiger partial charge in [0, 0.05) is 18.0 Å². The number of aryl methyl sites for hydroxylation is 1. The number of nitrogens with one attached hydrogen (secondary N) is 2. The summed E-state index contributed by atoms with van der Waals surface area (Å²) in [6.45, 7) is 3.85. The molecule has 3 N–H and O–H groups in total. The Kier molecular flexibility index (Phi) is 5.03. The van der Waals surface area contributed by atoms with Crippen LogP contribution in [0.3, 0.4) is 0 Å². The smallest absolute Gasteiger partial charge is 0.282 e. The van der Waals surface area contributed by atoms with Gasteiger partial charge >= 0.3 is 0 Å². The van der Waals surface area contributed by atoms with Crippen molar-refractivity contribution in [1.29, 1.82) is 0 Å². The summed E-state index contributed by atoms with van der Waals surface area (Å²) in [7, 11) is 0. The lowest BCUT2D eigenvalue weighted by Gasteiger charge is -2.20. The molecular formula is C27H23N7O2. The Bertz CT molecular complexity index is 1770. The maximum atomic E-state index is 13.6. The van der Waals surface area contributed by atoms with Crippen LogP contribution in [0.2, 0.25) is 0 Å². The highest BCUT2D eigenvalue weighted by atomic mass is 16.3. The molecule has 0 fully saturated rings. The van der Waals surface area contributed by atoms with E-state index in [-0.39, 0.29) is 17.4 Å². The van der Waals surface area contributed by atoms with E-state index in [1.54, 1.807) is 27.4 Å². The summed E-state index contributed by atoms with van der Waals surface area (Å²) < 4.78 is 3.29. The first-order chi connectivity index (χ1) is 17.5. The van der Waals surface area contributed by atoms with Crippen molar-refractivity contribution in [3.05, 3.63) is 101 Å². The Balaban J connectivity index is 1.50. The number of rotatable bonds is 5. The summed E-state index contributed by atoms with van der Waals surface area (Å²) in [4.78, 5) is 25.8. The van der Waals surface area contributed by atoms with E-state index < -0.39 is 0 Å². The molecule has 0 aliphatic carbocycles. The van der Waals surface area contributed by atoms with Gasteiger partial charge in [-0.25, -0.2) is 14.5 Å². The summed E-state index contributed by atoms with van der Waals surface area (Å²) in [6, 6.07) is 18.0. The van der Waals surface area contributed by atoms with Gasteiger partial charge in [-0.2, -0.15) is 5.10 Å². The van der Waals surface area contributed by atoms with E-state index in [4.69, 9.17) is 5.10 Å². The molecule has 0 amide bonds. The zero-order chi connectivity index (χ0) is 24.8. The van der Waals surface area contributed by atoms with Gasteiger partial charge in [0.1, 0.15) is 29.1 Å². The zero-order valence-electron chi connectivity index (χ0n) is 19.7. The van der Waals surface area contributed by atoms with Gasteiger partial charge in [-0.05, 0) is 55.3 Å². The Labute approximate surface area is 205 Å². The number of benzene rings is 2. The van der Waals surface area contributed by atoms with Gasteiger partial charge in [0.25, 0.3) is 5.56 Å². The second kappa shape index (κ2) is 8.38. The predicted molar refractivity (Wildman–Crippen MR) is 139 cm³/mol. The Morgan fingerprint density at radius 2 is 1.81 bits per heavy atom. The first-order valence-electron chi connectivity index (χ1n) is 11.6. The summed E-state index contributed by atoms with van der Waals surface area (Å²) >= 11 is 0. The average Bonchev–Trinajstić information content (AvgIpc) is 3.49. The van der Waals surface area contributed by atoms with Crippen molar-refractivity contribution in [2.75, 3.05) is 5.32 Å². The third kappa shape index (κ3) is 3.49. The van der Waals surface area contributed by atoms with Crippen LogP contribution in [-0.4, -0.2) is 34.2 Å². The largest absolute Gasteiger partial charge is 0.508 e. The van der Waals surface area contributed by atoms with Gasteiger partial charge in [-0.15, -0.1) is 0 Å². The van der Waals surface area contributed by atoms with Crippen LogP contribution in [0.25, 0.3) is 33.4 Å². The monoisotopic (exact) mass is 477 g/mol. The molecule has 36 heavy (non-hydrogen) atoms. The third-order valence-electron chi connectivity index (χ3n) is 6.32. The molecule has 2 aromatic carbocycles. The van der Waals surface area contributed by atoms with Gasteiger partial charge in [-0.1, -0.05) is 30.3 Å². The van der Waals surface area contributed by atoms with Crippen LogP contribution in [0.1, 0.15) is 24.4 Å². The molecule has 4 aromatic heterocycles. The van der Waals surface area contributed by atoms with Gasteiger partial charge in [-0.3, -0.25) is 9.36 Å². The van der Waals surface area contributed by atoms with Gasteiger partial charge in [0.2, 0.25) is 0 Å². The lowest BCUT2D eigenvalue weighted by Crippen LogP contribution is -2.29. The highest BCUT2D eigenvalue weighted by Crippen LogP contribution is 2.34. The molecule has 0 radical (unpaired) electrons. The maximum Gasteiger partial charge on any atom is 0.282 e. The van der Waals surface area contributed by atoms with Crippen LogP contribution in [0.5, 0.6) is 5.75 Å². The number of aromatic nitrogens is 6. The zero-order valence-corrected chi connectivity index (χ0v) is 19.7. The summed E-state index contributed by atoms with van der Waals surface area (Å²) in [6.07, 6.45) is 5.16. The minimum Gasteiger partial charge on any atom is -0.508 e. The standard InChI is InChI=1S/C27H23N7O2/c1-16-12-13-33-23(16)27(36)34(19-6-4-3-5-7-19)26(32-33)17(2)31-25-22-21(14-28-24(22)29-15-30-25)18-8-10-20(35)11-9-18/h3-15,17,35H,1-2H3,(H2,28,29,30,31)/t17-/m0/s1. The SMILES string of the molecule is Cc1ccn2nc([C@H](C)Nc3ncnc4[nH]cc(-c5ccc(O)cc5)c34)n(-c3ccccc3)c(=O)c12. The van der Waals surface area contributed by atoms with Crippen LogP contribution >= 0.6 is 0 Å². The number of phenolic OH excluding ortho intramolecular Hbond substituents is 1. The third-order valence-corrected chi connectivity index (χ3v) is 6.32. The number of hydrogen-bond acceptors (Lipinski definition) is 6. The summed E-state index contributed by atoms with van der Waals surface area (Å²) in [5.41, 5.74) is 4.49. The molecular weight excluding hydrogens is 454 g/mol. The Hall–Kier alpha value is -4.92. The topological polar surface area (TPSA) is 113 Å². The van der Waals surface area contributed by atoms with Crippen molar-refractivity contribution in [2.45, 2.75) is 19.9 Å². The lowest BCUT2D eigenvalue weighted by atomic mass is 10.1. The first kappa shape index (κ1) is 21.6. The molecule has 0 bridgehead atoms. The van der Waals surface area contributed by atoms with E-state index in [0.717, 1.165) is 27.8 Å². The molecule has 0 unspecified atom stereocenters. The van der Waals surface area contributed by atoms with Crippen molar-refractivity contribution in [3.63, 3.8) is 0 Å². The van der Waals surface area contributed by atoms with E-state index in [2.05, 4.69) is 20.3 Å². The van der Waals surface area contributed by atoms with Crippen molar-refractivity contribution in [1.82, 2.24) is 29.1 Å². The Morgan fingerprint density at radius 3 is 2.58 bits per heavy atom. The van der Waals surface area contributed by atoms with E-state index >= 15 is 0 Å². The van der Waals surface area contributed by atoms with Crippen molar-refractivity contribution >= 4 is 22.4 Å². The summed E-state index contributed by atoms with van der Waals surface area (Å²) in [5.74, 6) is 1.35. The average molecular weight is 478 g/mol. The van der Waals surface area contributed by atoms with Crippen molar-refractivity contribution < 1.29 is 5.11 Å². The fraction of sp³-hybridized carbons (Fsp3) is 0.111. The number of para-hydroxylation sites is 1. The number of anilines is 1. The molecule has 0 spiro atoms. The predicted octanol–water partition coefficient (Wildman–Crippen LogP) is 4.61. The van der Waals surface area contributed by atoms with E-state index in [1.807, 2.05) is 68.6 Å². The second-order valence-corrected chi connectivity index (χ2v) is 8.69. The molecule has 0 aliphatic heterocycles. The highest BCUT2D eigenvalue weighted by molar-refractivity contribution is 6.00. The van der Waals surface area contributed by atoms with E-state index in [1.165, 1.54) is 6.33 Å². The first-order valence-corrected chi connectivity index (χ1v) is 11.6. The minimum absolute atomic E-state index is 0.137. The summed E-state index contributed by atoms with van der Waals surface area (Å²) in [5, 5.41) is 18.8. The van der Waals surface area contributed by atoms with Gasteiger partial charge in [0.15, 0.2) is 5.82 Å². The van der Waals surface area contributed by atoms with E-state index in [0.29, 0.717) is 22.8 Å². The molecule has 4 heterocycles. The minimum atomic E-state index is -0.384. The molecule has 9 nitrogen and oxygen atoms in total. The van der Waals surface area contributed by atoms with E-state index in [9.17, 15) is 9.90 Å². The van der Waals surface area contributed by atoms with Crippen LogP contribution in [0.15, 0.2) is 84.2 Å². The molecule has 0 aliphatic rings. The van der Waals surface area contributed by atoms with Crippen LogP contribution in [-0.2, 0) is 0 Å². The molecule has 6 rings (SSSR count). The molecule has 178 valence electrons. The number of H-pyrrole nitrogens is 1. The van der Waals surface area contributed by atoms with Crippen LogP contribution in [0.4, 0.5) is 5.82 Å². The van der Waals surface area contributed by atoms with Crippen molar-refractivity contribution in [2.24, 2.45) is 0 Å². The number of aromatic amines is 1. The number of nitrogens with zero attached hydrogens (tertiary/aromatic N) is 5. The van der Waals surface area contributed by atoms with Crippen LogP contribution in [0, 0.1) is 6.92 Å². The normalized spacial score (nSPS) is 12.3. The fourth-order valence-electron chi connectivity index (χ4n) is 4.55. The number of phenols is 1. The van der Waals surface area contributed by atoms with Gasteiger partial charge < -0.3 is 15.4 Å². The lowest BCUT2D eigenvalue weighted by molar-refractivity contribution is 0.475. The molecule has 6 aromatic rings. The number of aromatic hydroxyl groups is 1. The molecule has 0 saturated heterocycles. The fourth-order valence-corrected chi connectivity index (χ4v) is 4.55. The molecule has 1 atom stereocenters. The second-order valence-electron chi connectivity index (χ2n) is 8.69. The number of hydrogen-bond donors (Lipinski definition) is 3. The number of fused-ring (bicyclic) bond motifs is 2. The van der Waals surface area contributed by atoms with Gasteiger partial charge in [0.05, 0.1) is 17.1 Å². The molecule has 9 heteroatoms. The molecule has 0 saturated carbocycles. The quantitative estimate of drug-likeness (QED) is 0.334.